The van der Waals surface area contributed by atoms with Crippen molar-refractivity contribution in [2.24, 2.45) is 10.9 Å². The molecule has 1 aromatic heterocycles. The predicted molar refractivity (Wildman–Crippen MR) is 81.7 cm³/mol. The largest absolute Gasteiger partial charge is 0.409 e. The summed E-state index contributed by atoms with van der Waals surface area (Å²) in [5, 5.41) is 13.0. The minimum absolute atomic E-state index is 0.0391. The Hall–Kier alpha value is -1.65. The van der Waals surface area contributed by atoms with Crippen LogP contribution in [0.5, 0.6) is 0 Å². The average Bonchev–Trinajstić information content (AvgIpc) is 2.85. The number of nitrogens with two attached hydrogens (primary N) is 1. The third-order valence-corrected chi connectivity index (χ3v) is 6.49. The summed E-state index contributed by atoms with van der Waals surface area (Å²) in [5.74, 6) is -1.34. The van der Waals surface area contributed by atoms with E-state index >= 15 is 0 Å². The number of halogens is 2. The number of oxime groups is 1. The molecule has 4 N–H and O–H groups in total. The van der Waals surface area contributed by atoms with E-state index in [0.717, 1.165) is 17.4 Å². The lowest BCUT2D eigenvalue weighted by Gasteiger charge is -2.11. The first-order chi connectivity index (χ1) is 9.86. The number of nitrogens with zero attached hydrogens (tertiary/aromatic N) is 1. The molecule has 2 aromatic rings. The topological polar surface area (TPSA) is 105 Å². The summed E-state index contributed by atoms with van der Waals surface area (Å²) in [6, 6.07) is 5.28. The standard InChI is InChI=1S/C11H9BrFN3O3S2/c12-6-4-5-20-11(6)21(18,19)16-8-3-1-2-7(13)9(8)10(14)15-17/h1-5,16-17H,(H2,14,15). The zero-order valence-electron chi connectivity index (χ0n) is 10.2. The van der Waals surface area contributed by atoms with Crippen molar-refractivity contribution < 1.29 is 18.0 Å². The number of hydrogen-bond acceptors (Lipinski definition) is 5. The normalized spacial score (nSPS) is 12.4. The second kappa shape index (κ2) is 6.00. The third kappa shape index (κ3) is 3.17. The summed E-state index contributed by atoms with van der Waals surface area (Å²) in [6.07, 6.45) is 0. The minimum atomic E-state index is -3.92. The smallest absolute Gasteiger partial charge is 0.272 e. The molecule has 10 heteroatoms. The number of anilines is 1. The van der Waals surface area contributed by atoms with Crippen molar-refractivity contribution in [2.45, 2.75) is 4.21 Å². The molecule has 0 atom stereocenters. The fourth-order valence-electron chi connectivity index (χ4n) is 1.58. The van der Waals surface area contributed by atoms with Gasteiger partial charge in [-0.1, -0.05) is 11.2 Å². The first-order valence-electron chi connectivity index (χ1n) is 5.39. The van der Waals surface area contributed by atoms with Gasteiger partial charge in [0.25, 0.3) is 10.0 Å². The molecule has 0 saturated carbocycles. The van der Waals surface area contributed by atoms with Gasteiger partial charge in [0.2, 0.25) is 0 Å². The van der Waals surface area contributed by atoms with Crippen LogP contribution in [-0.2, 0) is 10.0 Å². The number of rotatable bonds is 4. The second-order valence-electron chi connectivity index (χ2n) is 3.81. The summed E-state index contributed by atoms with van der Waals surface area (Å²) in [6.45, 7) is 0. The summed E-state index contributed by atoms with van der Waals surface area (Å²) < 4.78 is 41.0. The van der Waals surface area contributed by atoms with Crippen LogP contribution in [0.3, 0.4) is 0 Å². The van der Waals surface area contributed by atoms with Gasteiger partial charge in [0.05, 0.1) is 11.3 Å². The van der Waals surface area contributed by atoms with Crippen LogP contribution in [0.1, 0.15) is 5.56 Å². The maximum Gasteiger partial charge on any atom is 0.272 e. The maximum atomic E-state index is 13.8. The first-order valence-corrected chi connectivity index (χ1v) is 8.54. The molecule has 0 aliphatic heterocycles. The first kappa shape index (κ1) is 15.7. The van der Waals surface area contributed by atoms with Crippen LogP contribution >= 0.6 is 27.3 Å². The van der Waals surface area contributed by atoms with Crippen LogP contribution in [0.25, 0.3) is 0 Å². The van der Waals surface area contributed by atoms with Gasteiger partial charge >= 0.3 is 0 Å². The Balaban J connectivity index is 2.50. The van der Waals surface area contributed by atoms with E-state index in [4.69, 9.17) is 10.9 Å². The van der Waals surface area contributed by atoms with Crippen molar-refractivity contribution in [3.63, 3.8) is 0 Å². The lowest BCUT2D eigenvalue weighted by molar-refractivity contribution is 0.318. The molecular weight excluding hydrogens is 385 g/mol. The highest BCUT2D eigenvalue weighted by atomic mass is 79.9. The van der Waals surface area contributed by atoms with Gasteiger partial charge < -0.3 is 10.9 Å². The van der Waals surface area contributed by atoms with Gasteiger partial charge in [0.15, 0.2) is 10.0 Å². The molecule has 0 saturated heterocycles. The number of nitrogens with one attached hydrogen (secondary N) is 1. The number of sulfonamides is 1. The fourth-order valence-corrected chi connectivity index (χ4v) is 4.99. The van der Waals surface area contributed by atoms with Gasteiger partial charge in [-0.15, -0.1) is 11.3 Å². The highest BCUT2D eigenvalue weighted by molar-refractivity contribution is 9.10. The Morgan fingerprint density at radius 3 is 2.71 bits per heavy atom. The SMILES string of the molecule is NC(=NO)c1c(F)cccc1NS(=O)(=O)c1sccc1Br. The highest BCUT2D eigenvalue weighted by Crippen LogP contribution is 2.30. The minimum Gasteiger partial charge on any atom is -0.409 e. The van der Waals surface area contributed by atoms with E-state index in [1.807, 2.05) is 0 Å². The monoisotopic (exact) mass is 393 g/mol. The second-order valence-corrected chi connectivity index (χ2v) is 7.46. The van der Waals surface area contributed by atoms with Crippen LogP contribution in [0.15, 0.2) is 43.5 Å². The maximum absolute atomic E-state index is 13.8. The Morgan fingerprint density at radius 2 is 2.14 bits per heavy atom. The summed E-state index contributed by atoms with van der Waals surface area (Å²) in [7, 11) is -3.92. The molecule has 6 nitrogen and oxygen atoms in total. The van der Waals surface area contributed by atoms with E-state index in [2.05, 4.69) is 25.8 Å². The molecule has 0 amide bonds. The molecular formula is C11H9BrFN3O3S2. The molecule has 0 unspecified atom stereocenters. The van der Waals surface area contributed by atoms with Gasteiger partial charge in [-0.3, -0.25) is 4.72 Å². The van der Waals surface area contributed by atoms with Crippen LogP contribution < -0.4 is 10.5 Å². The molecule has 2 rings (SSSR count). The van der Waals surface area contributed by atoms with Crippen molar-refractivity contribution in [2.75, 3.05) is 4.72 Å². The molecule has 0 radical (unpaired) electrons. The summed E-state index contributed by atoms with van der Waals surface area (Å²) in [5.41, 5.74) is 4.94. The molecule has 112 valence electrons. The lowest BCUT2D eigenvalue weighted by Crippen LogP contribution is -2.20. The molecule has 0 bridgehead atoms. The zero-order chi connectivity index (χ0) is 15.6. The molecule has 21 heavy (non-hydrogen) atoms. The van der Waals surface area contributed by atoms with Crippen LogP contribution in [0.2, 0.25) is 0 Å². The van der Waals surface area contributed by atoms with Crippen LogP contribution in [0, 0.1) is 5.82 Å². The predicted octanol–water partition coefficient (Wildman–Crippen LogP) is 2.55. The van der Waals surface area contributed by atoms with Crippen molar-refractivity contribution >= 4 is 48.8 Å². The van der Waals surface area contributed by atoms with Crippen molar-refractivity contribution in [1.29, 1.82) is 0 Å². The Kier molecular flexibility index (Phi) is 4.49. The molecule has 0 spiro atoms. The van der Waals surface area contributed by atoms with Crippen LogP contribution in [0.4, 0.5) is 10.1 Å². The summed E-state index contributed by atoms with van der Waals surface area (Å²) in [4.78, 5) is 0. The average molecular weight is 394 g/mol. The highest BCUT2D eigenvalue weighted by Gasteiger charge is 2.22. The fraction of sp³-hybridized carbons (Fsp3) is 0. The molecule has 0 fully saturated rings. The Labute approximate surface area is 132 Å². The summed E-state index contributed by atoms with van der Waals surface area (Å²) >= 11 is 4.12. The van der Waals surface area contributed by atoms with E-state index in [0.29, 0.717) is 4.47 Å². The van der Waals surface area contributed by atoms with E-state index in [1.54, 1.807) is 11.4 Å². The van der Waals surface area contributed by atoms with E-state index < -0.39 is 21.7 Å². The van der Waals surface area contributed by atoms with Gasteiger partial charge in [0.1, 0.15) is 5.82 Å². The third-order valence-electron chi connectivity index (χ3n) is 2.45. The van der Waals surface area contributed by atoms with E-state index in [-0.39, 0.29) is 15.5 Å². The Morgan fingerprint density at radius 1 is 1.43 bits per heavy atom. The van der Waals surface area contributed by atoms with Gasteiger partial charge in [-0.25, -0.2) is 12.8 Å². The molecule has 1 heterocycles. The quantitative estimate of drug-likeness (QED) is 0.321. The molecule has 0 aliphatic carbocycles. The molecule has 0 aliphatic rings. The van der Waals surface area contributed by atoms with Crippen molar-refractivity contribution in [1.82, 2.24) is 0 Å². The van der Waals surface area contributed by atoms with Crippen molar-refractivity contribution in [3.05, 3.63) is 45.5 Å². The van der Waals surface area contributed by atoms with Crippen molar-refractivity contribution in [3.8, 4) is 0 Å². The lowest BCUT2D eigenvalue weighted by atomic mass is 10.1. The van der Waals surface area contributed by atoms with Gasteiger partial charge in [0, 0.05) is 4.47 Å². The Bertz CT molecular complexity index is 805. The number of thiophene rings is 1. The molecule has 1 aromatic carbocycles. The van der Waals surface area contributed by atoms with Gasteiger partial charge in [-0.05, 0) is 39.5 Å². The number of amidine groups is 1. The number of hydrogen-bond donors (Lipinski definition) is 3. The van der Waals surface area contributed by atoms with E-state index in [9.17, 15) is 12.8 Å². The van der Waals surface area contributed by atoms with Gasteiger partial charge in [-0.2, -0.15) is 0 Å². The van der Waals surface area contributed by atoms with E-state index in [1.165, 1.54) is 12.1 Å². The number of benzene rings is 1. The van der Waals surface area contributed by atoms with Crippen LogP contribution in [-0.4, -0.2) is 19.5 Å². The zero-order valence-corrected chi connectivity index (χ0v) is 13.5.